The summed E-state index contributed by atoms with van der Waals surface area (Å²) in [6.45, 7) is 6.06. The molecule has 2 aromatic heterocycles. The summed E-state index contributed by atoms with van der Waals surface area (Å²) >= 11 is 0. The lowest BCUT2D eigenvalue weighted by atomic mass is 9.85. The fourth-order valence-electron chi connectivity index (χ4n) is 7.57. The smallest absolute Gasteiger partial charge is 0.457 e. The maximum Gasteiger partial charge on any atom is 0.510 e. The number of aromatic nitrogens is 2. The number of esters is 1. The number of carbonyl (C=O) groups is 5. The zero-order chi connectivity index (χ0) is 43.8. The molecule has 17 nitrogen and oxygen atoms in total. The Morgan fingerprint density at radius 1 is 1.03 bits per heavy atom. The summed E-state index contributed by atoms with van der Waals surface area (Å²) < 4.78 is 23.4. The van der Waals surface area contributed by atoms with Crippen molar-refractivity contribution in [1.29, 1.82) is 0 Å². The number of carbonyl (C=O) groups excluding carboxylic acids is 5. The molecule has 0 saturated carbocycles. The second kappa shape index (κ2) is 19.5. The number of ether oxygens (including phenoxy) is 4. The average molecular weight is 840 g/mol. The molecule has 0 unspecified atom stereocenters. The Morgan fingerprint density at radius 3 is 2.49 bits per heavy atom. The van der Waals surface area contributed by atoms with Crippen LogP contribution in [0.2, 0.25) is 0 Å². The number of hydrogen-bond donors (Lipinski definition) is 4. The SMILES string of the molecule is CC[C@@]1(OC(=O)OCc2ccc(NC(=O)[C@H](CCCCN)NC(=O)COCC(N)=O)cc2)C(=O)OCc2c1cc1n(c2=O)Cc2c-1nc1ccccc1c2CCN(C)C(C)C. The number of anilines is 1. The van der Waals surface area contributed by atoms with Crippen LogP contribution in [0.5, 0.6) is 0 Å². The molecule has 2 aromatic carbocycles. The number of benzene rings is 2. The highest BCUT2D eigenvalue weighted by Crippen LogP contribution is 2.42. The van der Waals surface area contributed by atoms with Gasteiger partial charge in [-0.15, -0.1) is 0 Å². The van der Waals surface area contributed by atoms with Crippen molar-refractivity contribution in [2.24, 2.45) is 11.5 Å². The molecule has 2 aliphatic rings. The topological polar surface area (TPSA) is 236 Å². The molecule has 3 amide bonds. The first-order chi connectivity index (χ1) is 29.3. The largest absolute Gasteiger partial charge is 0.510 e. The number of nitrogens with zero attached hydrogens (tertiary/aromatic N) is 3. The Hall–Kier alpha value is -6.17. The number of nitrogens with one attached hydrogen (secondary N) is 2. The number of primary amides is 1. The maximum atomic E-state index is 14.2. The molecule has 324 valence electrons. The number of amides is 3. The number of cyclic esters (lactones) is 1. The van der Waals surface area contributed by atoms with Crippen LogP contribution in [-0.4, -0.2) is 89.7 Å². The van der Waals surface area contributed by atoms with E-state index in [1.54, 1.807) is 41.8 Å². The molecule has 0 bridgehead atoms. The summed E-state index contributed by atoms with van der Waals surface area (Å²) in [5.74, 6) is -2.62. The average Bonchev–Trinajstić information content (AvgIpc) is 3.61. The Morgan fingerprint density at radius 2 is 1.79 bits per heavy atom. The van der Waals surface area contributed by atoms with Gasteiger partial charge in [0.1, 0.15) is 32.5 Å². The first-order valence-electron chi connectivity index (χ1n) is 20.4. The van der Waals surface area contributed by atoms with E-state index < -0.39 is 54.7 Å². The Balaban J connectivity index is 1.17. The molecular formula is C44H53N7O10. The van der Waals surface area contributed by atoms with Crippen molar-refractivity contribution in [2.75, 3.05) is 38.7 Å². The number of unbranched alkanes of at least 4 members (excludes halogenated alkanes) is 1. The van der Waals surface area contributed by atoms with Crippen molar-refractivity contribution in [1.82, 2.24) is 19.8 Å². The van der Waals surface area contributed by atoms with Gasteiger partial charge in [0.15, 0.2) is 0 Å². The lowest BCUT2D eigenvalue weighted by Gasteiger charge is -2.35. The van der Waals surface area contributed by atoms with Crippen LogP contribution >= 0.6 is 0 Å². The van der Waals surface area contributed by atoms with Crippen LogP contribution in [0.3, 0.4) is 0 Å². The highest BCUT2D eigenvalue weighted by Gasteiger charge is 2.51. The molecule has 0 fully saturated rings. The van der Waals surface area contributed by atoms with Crippen molar-refractivity contribution < 1.29 is 42.9 Å². The van der Waals surface area contributed by atoms with Gasteiger partial charge in [0.25, 0.3) is 5.56 Å². The van der Waals surface area contributed by atoms with E-state index in [0.717, 1.165) is 35.0 Å². The fraction of sp³-hybridized carbons (Fsp3) is 0.432. The van der Waals surface area contributed by atoms with E-state index in [4.69, 9.17) is 35.4 Å². The van der Waals surface area contributed by atoms with E-state index in [0.29, 0.717) is 61.0 Å². The molecule has 6 rings (SSSR count). The molecule has 4 aromatic rings. The zero-order valence-corrected chi connectivity index (χ0v) is 34.9. The Bertz CT molecular complexity index is 2360. The number of likely N-dealkylation sites (N-methyl/N-ethyl adjacent to an activating group) is 1. The monoisotopic (exact) mass is 839 g/mol. The van der Waals surface area contributed by atoms with Crippen LogP contribution in [-0.2, 0) is 69.9 Å². The van der Waals surface area contributed by atoms with Gasteiger partial charge >= 0.3 is 12.1 Å². The van der Waals surface area contributed by atoms with Crippen LogP contribution < -0.4 is 27.7 Å². The van der Waals surface area contributed by atoms with Crippen LogP contribution in [0.4, 0.5) is 10.5 Å². The van der Waals surface area contributed by atoms with Gasteiger partial charge in [-0.25, -0.2) is 14.6 Å². The van der Waals surface area contributed by atoms with Gasteiger partial charge in [-0.3, -0.25) is 19.2 Å². The van der Waals surface area contributed by atoms with Gasteiger partial charge in [-0.1, -0.05) is 37.3 Å². The summed E-state index contributed by atoms with van der Waals surface area (Å²) in [6, 6.07) is 15.5. The molecule has 0 saturated heterocycles. The number of para-hydroxylation sites is 1. The molecule has 0 aliphatic carbocycles. The highest BCUT2D eigenvalue weighted by atomic mass is 16.7. The summed E-state index contributed by atoms with van der Waals surface area (Å²) in [5, 5.41) is 6.39. The zero-order valence-electron chi connectivity index (χ0n) is 34.9. The molecule has 2 aliphatic heterocycles. The third-order valence-corrected chi connectivity index (χ3v) is 11.2. The molecule has 17 heteroatoms. The van der Waals surface area contributed by atoms with Crippen molar-refractivity contribution in [3.8, 4) is 11.4 Å². The van der Waals surface area contributed by atoms with Gasteiger partial charge in [0, 0.05) is 34.8 Å². The second-order valence-electron chi connectivity index (χ2n) is 15.5. The lowest BCUT2D eigenvalue weighted by molar-refractivity contribution is -0.175. The number of nitrogens with two attached hydrogens (primary N) is 2. The molecule has 0 radical (unpaired) electrons. The van der Waals surface area contributed by atoms with Crippen molar-refractivity contribution in [3.05, 3.63) is 92.8 Å². The first-order valence-corrected chi connectivity index (χ1v) is 20.4. The molecule has 2 atom stereocenters. The summed E-state index contributed by atoms with van der Waals surface area (Å²) in [4.78, 5) is 84.9. The van der Waals surface area contributed by atoms with Gasteiger partial charge in [0.05, 0.1) is 29.0 Å². The van der Waals surface area contributed by atoms with Gasteiger partial charge in [0.2, 0.25) is 23.3 Å². The van der Waals surface area contributed by atoms with Gasteiger partial charge in [-0.2, -0.15) is 0 Å². The molecule has 4 heterocycles. The van der Waals surface area contributed by atoms with E-state index in [-0.39, 0.29) is 36.3 Å². The minimum atomic E-state index is -1.96. The fourth-order valence-corrected chi connectivity index (χ4v) is 7.57. The third-order valence-electron chi connectivity index (χ3n) is 11.2. The van der Waals surface area contributed by atoms with E-state index >= 15 is 0 Å². The number of rotatable bonds is 19. The van der Waals surface area contributed by atoms with Crippen LogP contribution in [0.1, 0.15) is 74.3 Å². The minimum absolute atomic E-state index is 0.0376. The predicted octanol–water partition coefficient (Wildman–Crippen LogP) is 3.38. The van der Waals surface area contributed by atoms with E-state index in [1.807, 2.05) is 24.3 Å². The molecule has 61 heavy (non-hydrogen) atoms. The van der Waals surface area contributed by atoms with Crippen molar-refractivity contribution in [3.63, 3.8) is 0 Å². The minimum Gasteiger partial charge on any atom is -0.457 e. The third kappa shape index (κ3) is 9.90. The van der Waals surface area contributed by atoms with Gasteiger partial charge < -0.3 is 50.5 Å². The van der Waals surface area contributed by atoms with E-state index in [9.17, 15) is 28.8 Å². The number of fused-ring (bicyclic) bond motifs is 5. The molecule has 6 N–H and O–H groups in total. The van der Waals surface area contributed by atoms with Crippen molar-refractivity contribution in [2.45, 2.75) is 90.3 Å². The molecular weight excluding hydrogens is 787 g/mol. The Kier molecular flexibility index (Phi) is 14.2. The summed E-state index contributed by atoms with van der Waals surface area (Å²) in [6.07, 6.45) is 1.08. The normalized spacial score (nSPS) is 15.8. The second-order valence-corrected chi connectivity index (χ2v) is 15.5. The molecule has 0 spiro atoms. The summed E-state index contributed by atoms with van der Waals surface area (Å²) in [5.41, 5.74) is 13.7. The lowest BCUT2D eigenvalue weighted by Crippen LogP contribution is -2.47. The highest BCUT2D eigenvalue weighted by molar-refractivity contribution is 5.97. The number of hydrogen-bond acceptors (Lipinski definition) is 13. The predicted molar refractivity (Wildman–Crippen MR) is 225 cm³/mol. The first kappa shape index (κ1) is 44.4. The van der Waals surface area contributed by atoms with Gasteiger partial charge in [-0.05, 0) is 94.9 Å². The summed E-state index contributed by atoms with van der Waals surface area (Å²) in [7, 11) is 2.08. The standard InChI is InChI=1S/C44H53N7O10/c1-5-44(61-43(57)60-22-27-13-15-28(16-14-27)47-40(54)35(12-8-9-18-45)48-38(53)25-58-24-37(46)52)33-20-36-39-31(21-51(36)41(55)32(33)23-59-42(44)56)29(17-19-50(4)26(2)3)30-10-6-7-11-34(30)49-39/h6-7,10-11,13-16,20,26,35H,5,8-9,12,17-19,21-25,45H2,1-4H3,(H2,46,52)(H,47,54)(H,48,53)/t35-,44-/m0/s1. The number of pyridine rings is 2. The van der Waals surface area contributed by atoms with Crippen LogP contribution in [0.15, 0.2) is 59.4 Å². The van der Waals surface area contributed by atoms with E-state index in [1.165, 1.54) is 0 Å². The quantitative estimate of drug-likeness (QED) is 0.0691. The Labute approximate surface area is 353 Å². The van der Waals surface area contributed by atoms with E-state index in [2.05, 4.69) is 36.4 Å². The van der Waals surface area contributed by atoms with Crippen molar-refractivity contribution >= 4 is 46.4 Å². The van der Waals surface area contributed by atoms with Crippen LogP contribution in [0, 0.1) is 0 Å². The maximum absolute atomic E-state index is 14.2. The van der Waals surface area contributed by atoms with Crippen LogP contribution in [0.25, 0.3) is 22.3 Å².